The molecule has 1 aromatic rings. The number of halogens is 2. The first-order valence-corrected chi connectivity index (χ1v) is 5.88. The van der Waals surface area contributed by atoms with E-state index in [-0.39, 0.29) is 18.0 Å². The van der Waals surface area contributed by atoms with Crippen LogP contribution in [0.5, 0.6) is 0 Å². The molecule has 0 amide bonds. The summed E-state index contributed by atoms with van der Waals surface area (Å²) in [4.78, 5) is 0. The van der Waals surface area contributed by atoms with Crippen molar-refractivity contribution in [2.24, 2.45) is 0 Å². The predicted octanol–water partition coefficient (Wildman–Crippen LogP) is 2.17. The van der Waals surface area contributed by atoms with Crippen LogP contribution >= 0.6 is 15.9 Å². The van der Waals surface area contributed by atoms with Crippen molar-refractivity contribution in [1.82, 2.24) is 5.32 Å². The number of morpholine rings is 1. The Morgan fingerprint density at radius 3 is 3.20 bits per heavy atom. The standard InChI is InChI=1S/C11H11BrFNO/c12-8-2-1-6-7(10(8)13)5-9-11(6)14-3-4-15-9/h1-2,9,11,14H,3-5H2/t9-,11+/m1/s1. The number of hydrogen-bond acceptors (Lipinski definition) is 2. The Morgan fingerprint density at radius 2 is 2.33 bits per heavy atom. The van der Waals surface area contributed by atoms with E-state index in [9.17, 15) is 4.39 Å². The van der Waals surface area contributed by atoms with Gasteiger partial charge in [-0.3, -0.25) is 0 Å². The Morgan fingerprint density at radius 1 is 1.47 bits per heavy atom. The minimum Gasteiger partial charge on any atom is -0.375 e. The van der Waals surface area contributed by atoms with Crippen LogP contribution in [0, 0.1) is 5.82 Å². The fourth-order valence-corrected chi connectivity index (χ4v) is 2.82. The van der Waals surface area contributed by atoms with E-state index in [2.05, 4.69) is 21.2 Å². The van der Waals surface area contributed by atoms with Crippen molar-refractivity contribution in [3.63, 3.8) is 0 Å². The van der Waals surface area contributed by atoms with Crippen LogP contribution in [0.25, 0.3) is 0 Å². The molecule has 15 heavy (non-hydrogen) atoms. The molecule has 1 N–H and O–H groups in total. The van der Waals surface area contributed by atoms with E-state index in [0.717, 1.165) is 24.3 Å². The van der Waals surface area contributed by atoms with Gasteiger partial charge in [0.1, 0.15) is 5.82 Å². The van der Waals surface area contributed by atoms with Gasteiger partial charge in [-0.2, -0.15) is 0 Å². The van der Waals surface area contributed by atoms with Crippen LogP contribution < -0.4 is 5.32 Å². The summed E-state index contributed by atoms with van der Waals surface area (Å²) in [5.41, 5.74) is 1.86. The van der Waals surface area contributed by atoms with E-state index < -0.39 is 0 Å². The first kappa shape index (κ1) is 9.75. The van der Waals surface area contributed by atoms with Gasteiger partial charge < -0.3 is 10.1 Å². The normalized spacial score (nSPS) is 28.7. The topological polar surface area (TPSA) is 21.3 Å². The average Bonchev–Trinajstić information content (AvgIpc) is 2.63. The number of rotatable bonds is 0. The van der Waals surface area contributed by atoms with Gasteiger partial charge in [-0.05, 0) is 33.1 Å². The first-order chi connectivity index (χ1) is 7.27. The minimum absolute atomic E-state index is 0.109. The lowest BCUT2D eigenvalue weighted by Gasteiger charge is -2.27. The van der Waals surface area contributed by atoms with Gasteiger partial charge in [0.05, 0.1) is 23.2 Å². The molecule has 1 aromatic carbocycles. The van der Waals surface area contributed by atoms with Crippen molar-refractivity contribution in [3.8, 4) is 0 Å². The van der Waals surface area contributed by atoms with Crippen LogP contribution in [0.3, 0.4) is 0 Å². The van der Waals surface area contributed by atoms with Crippen LogP contribution in [-0.2, 0) is 11.2 Å². The molecule has 4 heteroatoms. The van der Waals surface area contributed by atoms with Gasteiger partial charge in [-0.25, -0.2) is 4.39 Å². The molecule has 2 atom stereocenters. The van der Waals surface area contributed by atoms with Crippen LogP contribution in [0.4, 0.5) is 4.39 Å². The Bertz CT molecular complexity index is 410. The summed E-state index contributed by atoms with van der Waals surface area (Å²) in [6, 6.07) is 3.93. The highest BCUT2D eigenvalue weighted by Crippen LogP contribution is 2.38. The van der Waals surface area contributed by atoms with E-state index in [1.807, 2.05) is 6.07 Å². The Labute approximate surface area is 95.9 Å². The fourth-order valence-electron chi connectivity index (χ4n) is 2.45. The molecule has 0 saturated carbocycles. The molecule has 80 valence electrons. The van der Waals surface area contributed by atoms with E-state index in [4.69, 9.17) is 4.74 Å². The van der Waals surface area contributed by atoms with Gasteiger partial charge >= 0.3 is 0 Å². The molecule has 0 aromatic heterocycles. The highest BCUT2D eigenvalue weighted by molar-refractivity contribution is 9.10. The quantitative estimate of drug-likeness (QED) is 0.781. The second kappa shape index (κ2) is 3.54. The molecular formula is C11H11BrFNO. The van der Waals surface area contributed by atoms with E-state index in [1.54, 1.807) is 6.07 Å². The lowest BCUT2D eigenvalue weighted by atomic mass is 10.1. The molecule has 1 heterocycles. The molecule has 0 unspecified atom stereocenters. The molecule has 2 nitrogen and oxygen atoms in total. The fraction of sp³-hybridized carbons (Fsp3) is 0.455. The maximum absolute atomic E-state index is 13.8. The van der Waals surface area contributed by atoms with Crippen LogP contribution in [0.1, 0.15) is 17.2 Å². The lowest BCUT2D eigenvalue weighted by molar-refractivity contribution is 0.00488. The molecule has 1 aliphatic carbocycles. The molecule has 2 aliphatic rings. The second-order valence-corrected chi connectivity index (χ2v) is 4.83. The Kier molecular flexibility index (Phi) is 2.30. The van der Waals surface area contributed by atoms with Crippen LogP contribution in [-0.4, -0.2) is 19.3 Å². The molecular weight excluding hydrogens is 261 g/mol. The zero-order valence-corrected chi connectivity index (χ0v) is 9.68. The number of ether oxygens (including phenoxy) is 1. The lowest BCUT2D eigenvalue weighted by Crippen LogP contribution is -2.39. The SMILES string of the molecule is Fc1c(Br)ccc2c1C[C@H]1OCCN[C@@H]21. The monoisotopic (exact) mass is 271 g/mol. The highest BCUT2D eigenvalue weighted by Gasteiger charge is 2.37. The van der Waals surface area contributed by atoms with Crippen molar-refractivity contribution in [3.05, 3.63) is 33.5 Å². The van der Waals surface area contributed by atoms with Crippen LogP contribution in [0.15, 0.2) is 16.6 Å². The summed E-state index contributed by atoms with van der Waals surface area (Å²) in [6.07, 6.45) is 0.788. The van der Waals surface area contributed by atoms with Gasteiger partial charge in [0.25, 0.3) is 0 Å². The van der Waals surface area contributed by atoms with Crippen LogP contribution in [0.2, 0.25) is 0 Å². The Hall–Kier alpha value is -0.450. The largest absolute Gasteiger partial charge is 0.375 e. The summed E-state index contributed by atoms with van der Waals surface area (Å²) in [7, 11) is 0. The number of nitrogens with one attached hydrogen (secondary N) is 1. The summed E-state index contributed by atoms with van der Waals surface area (Å²) < 4.78 is 20.0. The van der Waals surface area contributed by atoms with Gasteiger partial charge in [-0.15, -0.1) is 0 Å². The summed E-state index contributed by atoms with van der Waals surface area (Å²) in [5, 5.41) is 3.38. The third-order valence-electron chi connectivity index (χ3n) is 3.14. The second-order valence-electron chi connectivity index (χ2n) is 3.97. The van der Waals surface area contributed by atoms with Crippen molar-refractivity contribution in [2.45, 2.75) is 18.6 Å². The molecule has 0 spiro atoms. The third kappa shape index (κ3) is 1.43. The molecule has 1 fully saturated rings. The first-order valence-electron chi connectivity index (χ1n) is 5.09. The summed E-state index contributed by atoms with van der Waals surface area (Å²) in [6.45, 7) is 1.57. The Balaban J connectivity index is 2.07. The number of benzene rings is 1. The summed E-state index contributed by atoms with van der Waals surface area (Å²) >= 11 is 3.21. The average molecular weight is 272 g/mol. The smallest absolute Gasteiger partial charge is 0.140 e. The van der Waals surface area contributed by atoms with Crippen molar-refractivity contribution in [1.29, 1.82) is 0 Å². The molecule has 3 rings (SSSR count). The maximum Gasteiger partial charge on any atom is 0.140 e. The molecule has 1 saturated heterocycles. The predicted molar refractivity (Wildman–Crippen MR) is 58.3 cm³/mol. The van der Waals surface area contributed by atoms with Gasteiger partial charge in [0.15, 0.2) is 0 Å². The van der Waals surface area contributed by atoms with Crippen molar-refractivity contribution < 1.29 is 9.13 Å². The molecule has 1 aliphatic heterocycles. The maximum atomic E-state index is 13.8. The van der Waals surface area contributed by atoms with E-state index >= 15 is 0 Å². The van der Waals surface area contributed by atoms with E-state index in [1.165, 1.54) is 0 Å². The van der Waals surface area contributed by atoms with Gasteiger partial charge in [0.2, 0.25) is 0 Å². The highest BCUT2D eigenvalue weighted by atomic mass is 79.9. The van der Waals surface area contributed by atoms with Crippen molar-refractivity contribution in [2.75, 3.05) is 13.2 Å². The number of fused-ring (bicyclic) bond motifs is 3. The summed E-state index contributed by atoms with van der Waals surface area (Å²) in [5.74, 6) is -0.132. The van der Waals surface area contributed by atoms with Gasteiger partial charge in [-0.1, -0.05) is 6.07 Å². The number of hydrogen-bond donors (Lipinski definition) is 1. The zero-order chi connectivity index (χ0) is 10.4. The van der Waals surface area contributed by atoms with Gasteiger partial charge in [0, 0.05) is 13.0 Å². The minimum atomic E-state index is -0.132. The van der Waals surface area contributed by atoms with E-state index in [0.29, 0.717) is 10.9 Å². The third-order valence-corrected chi connectivity index (χ3v) is 3.76. The van der Waals surface area contributed by atoms with Crippen molar-refractivity contribution >= 4 is 15.9 Å². The zero-order valence-electron chi connectivity index (χ0n) is 8.09. The molecule has 0 radical (unpaired) electrons. The molecule has 0 bridgehead atoms.